The lowest BCUT2D eigenvalue weighted by Crippen LogP contribution is -2.44. The highest BCUT2D eigenvalue weighted by Crippen LogP contribution is 2.31. The van der Waals surface area contributed by atoms with Crippen LogP contribution in [0.15, 0.2) is 24.3 Å². The maximum Gasteiger partial charge on any atom is 0.246 e. The first-order valence-electron chi connectivity index (χ1n) is 4.95. The number of benzene rings is 1. The van der Waals surface area contributed by atoms with Crippen molar-refractivity contribution in [1.82, 2.24) is 0 Å². The molecule has 0 atom stereocenters. The van der Waals surface area contributed by atoms with Crippen molar-refractivity contribution in [2.24, 2.45) is 0 Å². The summed E-state index contributed by atoms with van der Waals surface area (Å²) in [5.74, 6) is 0.890. The number of likely N-dealkylation sites (N-methyl/N-ethyl adjacent to an activating group) is 1. The molecular weight excluding hydrogens is 208 g/mol. The number of fused-ring (bicyclic) bond motifs is 1. The fraction of sp³-hybridized carbons (Fsp3) is 0.364. The topological polar surface area (TPSA) is 23.6 Å². The number of anilines is 2. The van der Waals surface area contributed by atoms with E-state index in [4.69, 9.17) is 0 Å². The van der Waals surface area contributed by atoms with Gasteiger partial charge in [-0.2, -0.15) is 12.6 Å². The predicted molar refractivity (Wildman–Crippen MR) is 65.9 cm³/mol. The van der Waals surface area contributed by atoms with Gasteiger partial charge in [-0.05, 0) is 12.1 Å². The van der Waals surface area contributed by atoms with Crippen molar-refractivity contribution >= 4 is 29.9 Å². The Bertz CT molecular complexity index is 381. The van der Waals surface area contributed by atoms with E-state index in [9.17, 15) is 4.79 Å². The zero-order chi connectivity index (χ0) is 10.8. The molecule has 0 saturated carbocycles. The fourth-order valence-corrected chi connectivity index (χ4v) is 2.07. The summed E-state index contributed by atoms with van der Waals surface area (Å²) in [5, 5.41) is 0. The first kappa shape index (κ1) is 10.4. The summed E-state index contributed by atoms with van der Waals surface area (Å²) >= 11 is 4.21. The Labute approximate surface area is 95.1 Å². The van der Waals surface area contributed by atoms with E-state index < -0.39 is 0 Å². The minimum Gasteiger partial charge on any atom is -0.360 e. The molecule has 2 rings (SSSR count). The minimum absolute atomic E-state index is 0.135. The van der Waals surface area contributed by atoms with Crippen LogP contribution in [0, 0.1) is 0 Å². The third-order valence-corrected chi connectivity index (χ3v) is 2.85. The van der Waals surface area contributed by atoms with Gasteiger partial charge in [0.2, 0.25) is 5.91 Å². The quantitative estimate of drug-likeness (QED) is 0.765. The number of carbonyl (C=O) groups is 1. The van der Waals surface area contributed by atoms with Crippen LogP contribution in [0.1, 0.15) is 0 Å². The van der Waals surface area contributed by atoms with Crippen molar-refractivity contribution in [3.63, 3.8) is 0 Å². The lowest BCUT2D eigenvalue weighted by atomic mass is 10.1. The molecule has 3 nitrogen and oxygen atoms in total. The Morgan fingerprint density at radius 1 is 1.33 bits per heavy atom. The molecule has 1 aliphatic heterocycles. The zero-order valence-corrected chi connectivity index (χ0v) is 9.58. The van der Waals surface area contributed by atoms with Gasteiger partial charge in [0.1, 0.15) is 0 Å². The Morgan fingerprint density at radius 2 is 2.00 bits per heavy atom. The van der Waals surface area contributed by atoms with Crippen LogP contribution < -0.4 is 9.80 Å². The molecule has 0 spiro atoms. The second kappa shape index (κ2) is 4.14. The summed E-state index contributed by atoms with van der Waals surface area (Å²) in [7, 11) is 1.82. The maximum absolute atomic E-state index is 11.7. The Morgan fingerprint density at radius 3 is 2.67 bits per heavy atom. The van der Waals surface area contributed by atoms with Gasteiger partial charge in [-0.25, -0.2) is 0 Å². The monoisotopic (exact) mass is 222 g/mol. The SMILES string of the molecule is CN1C(=O)CN(CCS)c2ccccc21. The highest BCUT2D eigenvalue weighted by Gasteiger charge is 2.25. The summed E-state index contributed by atoms with van der Waals surface area (Å²) in [6, 6.07) is 7.96. The van der Waals surface area contributed by atoms with Gasteiger partial charge in [-0.3, -0.25) is 4.79 Å². The van der Waals surface area contributed by atoms with Crippen molar-refractivity contribution in [3.05, 3.63) is 24.3 Å². The molecule has 0 radical (unpaired) electrons. The van der Waals surface area contributed by atoms with Crippen LogP contribution in [0.4, 0.5) is 11.4 Å². The smallest absolute Gasteiger partial charge is 0.246 e. The molecule has 0 saturated heterocycles. The number of hydrogen-bond acceptors (Lipinski definition) is 3. The number of amides is 1. The van der Waals surface area contributed by atoms with Crippen molar-refractivity contribution in [2.45, 2.75) is 0 Å². The summed E-state index contributed by atoms with van der Waals surface area (Å²) < 4.78 is 0. The lowest BCUT2D eigenvalue weighted by Gasteiger charge is -2.35. The molecule has 0 N–H and O–H groups in total. The Hall–Kier alpha value is -1.16. The van der Waals surface area contributed by atoms with Crippen molar-refractivity contribution in [2.75, 3.05) is 35.7 Å². The molecule has 1 aromatic rings. The van der Waals surface area contributed by atoms with E-state index >= 15 is 0 Å². The van der Waals surface area contributed by atoms with Crippen LogP contribution in [0.2, 0.25) is 0 Å². The van der Waals surface area contributed by atoms with E-state index in [1.165, 1.54) is 0 Å². The number of carbonyl (C=O) groups excluding carboxylic acids is 1. The molecule has 0 aliphatic carbocycles. The summed E-state index contributed by atoms with van der Waals surface area (Å²) in [6.07, 6.45) is 0. The Kier molecular flexibility index (Phi) is 2.86. The number of para-hydroxylation sites is 2. The highest BCUT2D eigenvalue weighted by atomic mass is 32.1. The van der Waals surface area contributed by atoms with Crippen LogP contribution in [0.25, 0.3) is 0 Å². The zero-order valence-electron chi connectivity index (χ0n) is 8.68. The molecule has 0 unspecified atom stereocenters. The molecule has 4 heteroatoms. The molecule has 1 aromatic carbocycles. The van der Waals surface area contributed by atoms with Gasteiger partial charge in [-0.1, -0.05) is 12.1 Å². The van der Waals surface area contributed by atoms with Gasteiger partial charge < -0.3 is 9.80 Å². The van der Waals surface area contributed by atoms with E-state index in [-0.39, 0.29) is 5.91 Å². The van der Waals surface area contributed by atoms with Crippen molar-refractivity contribution in [3.8, 4) is 0 Å². The molecule has 1 amide bonds. The van der Waals surface area contributed by atoms with Crippen molar-refractivity contribution < 1.29 is 4.79 Å². The van der Waals surface area contributed by atoms with Crippen LogP contribution in [0.5, 0.6) is 0 Å². The molecule has 1 heterocycles. The van der Waals surface area contributed by atoms with Crippen LogP contribution in [-0.2, 0) is 4.79 Å². The normalized spacial score (nSPS) is 15.5. The summed E-state index contributed by atoms with van der Waals surface area (Å²) in [6.45, 7) is 1.26. The molecular formula is C11H14N2OS. The van der Waals surface area contributed by atoms with Crippen LogP contribution >= 0.6 is 12.6 Å². The van der Waals surface area contributed by atoms with E-state index in [1.54, 1.807) is 4.90 Å². The number of rotatable bonds is 2. The number of nitrogens with zero attached hydrogens (tertiary/aromatic N) is 2. The van der Waals surface area contributed by atoms with E-state index in [0.717, 1.165) is 23.7 Å². The Balaban J connectivity index is 2.40. The molecule has 1 aliphatic rings. The van der Waals surface area contributed by atoms with E-state index in [2.05, 4.69) is 17.5 Å². The first-order valence-corrected chi connectivity index (χ1v) is 5.58. The van der Waals surface area contributed by atoms with Gasteiger partial charge in [0.15, 0.2) is 0 Å². The summed E-state index contributed by atoms with van der Waals surface area (Å²) in [4.78, 5) is 15.5. The van der Waals surface area contributed by atoms with Gasteiger partial charge in [0.05, 0.1) is 17.9 Å². The molecule has 15 heavy (non-hydrogen) atoms. The van der Waals surface area contributed by atoms with Crippen LogP contribution in [0.3, 0.4) is 0 Å². The van der Waals surface area contributed by atoms with Crippen LogP contribution in [-0.4, -0.2) is 31.8 Å². The number of hydrogen-bond donors (Lipinski definition) is 1. The van der Waals surface area contributed by atoms with Gasteiger partial charge in [-0.15, -0.1) is 0 Å². The second-order valence-electron chi connectivity index (χ2n) is 3.59. The standard InChI is InChI=1S/C11H14N2OS/c1-12-9-4-2-3-5-10(9)13(6-7-15)8-11(12)14/h2-5,15H,6-8H2,1H3. The van der Waals surface area contributed by atoms with E-state index in [0.29, 0.717) is 6.54 Å². The number of thiol groups is 1. The maximum atomic E-state index is 11.7. The second-order valence-corrected chi connectivity index (χ2v) is 4.03. The molecule has 80 valence electrons. The predicted octanol–water partition coefficient (Wildman–Crippen LogP) is 1.40. The van der Waals surface area contributed by atoms with Gasteiger partial charge >= 0.3 is 0 Å². The molecule has 0 bridgehead atoms. The van der Waals surface area contributed by atoms with Gasteiger partial charge in [0.25, 0.3) is 0 Å². The van der Waals surface area contributed by atoms with Gasteiger partial charge in [0, 0.05) is 19.3 Å². The third kappa shape index (κ3) is 1.81. The largest absolute Gasteiger partial charge is 0.360 e. The highest BCUT2D eigenvalue weighted by molar-refractivity contribution is 7.80. The molecule has 0 fully saturated rings. The minimum atomic E-state index is 0.135. The summed E-state index contributed by atoms with van der Waals surface area (Å²) in [5.41, 5.74) is 2.10. The lowest BCUT2D eigenvalue weighted by molar-refractivity contribution is -0.117. The fourth-order valence-electron chi connectivity index (χ4n) is 1.82. The third-order valence-electron chi connectivity index (χ3n) is 2.65. The first-order chi connectivity index (χ1) is 7.24. The average Bonchev–Trinajstić information content (AvgIpc) is 2.26. The molecule has 0 aromatic heterocycles. The average molecular weight is 222 g/mol. The van der Waals surface area contributed by atoms with E-state index in [1.807, 2.05) is 31.3 Å². The van der Waals surface area contributed by atoms with Crippen molar-refractivity contribution in [1.29, 1.82) is 0 Å².